The molecule has 0 amide bonds. The lowest BCUT2D eigenvalue weighted by molar-refractivity contribution is 0.253. The number of hydrogen-bond acceptors (Lipinski definition) is 2. The molecule has 3 nitrogen and oxygen atoms in total. The van der Waals surface area contributed by atoms with Crippen LogP contribution < -0.4 is 0 Å². The van der Waals surface area contributed by atoms with Crippen LogP contribution in [0, 0.1) is 0 Å². The zero-order chi connectivity index (χ0) is 14.9. The van der Waals surface area contributed by atoms with Gasteiger partial charge in [0.2, 0.25) is 0 Å². The van der Waals surface area contributed by atoms with E-state index < -0.39 is 0 Å². The Morgan fingerprint density at radius 2 is 1.57 bits per heavy atom. The summed E-state index contributed by atoms with van der Waals surface area (Å²) in [5.41, 5.74) is 3.62. The summed E-state index contributed by atoms with van der Waals surface area (Å²) in [7, 11) is 2.21. The Morgan fingerprint density at radius 1 is 0.913 bits per heavy atom. The van der Waals surface area contributed by atoms with Crippen LogP contribution >= 0.6 is 12.4 Å². The van der Waals surface area contributed by atoms with Crippen LogP contribution in [0.25, 0.3) is 16.6 Å². The van der Waals surface area contributed by atoms with Crippen molar-refractivity contribution in [2.45, 2.75) is 18.8 Å². The van der Waals surface area contributed by atoms with Crippen molar-refractivity contribution in [3.05, 3.63) is 60.3 Å². The fourth-order valence-electron chi connectivity index (χ4n) is 3.44. The fraction of sp³-hybridized carbons (Fsp3) is 0.316. The molecular formula is C19H22ClN3. The zero-order valence-corrected chi connectivity index (χ0v) is 14.2. The Bertz CT molecular complexity index is 774. The van der Waals surface area contributed by atoms with E-state index in [1.165, 1.54) is 29.4 Å². The number of likely N-dealkylation sites (tertiary alicyclic amines) is 1. The quantitative estimate of drug-likeness (QED) is 0.701. The van der Waals surface area contributed by atoms with Gasteiger partial charge in [0.15, 0.2) is 0 Å². The van der Waals surface area contributed by atoms with E-state index in [0.29, 0.717) is 5.92 Å². The number of halogens is 1. The molecule has 0 unspecified atom stereocenters. The highest BCUT2D eigenvalue weighted by Crippen LogP contribution is 2.33. The van der Waals surface area contributed by atoms with Crippen molar-refractivity contribution in [2.24, 2.45) is 0 Å². The average molecular weight is 328 g/mol. The van der Waals surface area contributed by atoms with Gasteiger partial charge in [-0.3, -0.25) is 0 Å². The molecule has 0 spiro atoms. The van der Waals surface area contributed by atoms with E-state index in [2.05, 4.69) is 65.2 Å². The van der Waals surface area contributed by atoms with Gasteiger partial charge in [0.1, 0.15) is 0 Å². The summed E-state index contributed by atoms with van der Waals surface area (Å²) < 4.78 is 2.10. The normalized spacial score (nSPS) is 16.4. The summed E-state index contributed by atoms with van der Waals surface area (Å²) in [4.78, 5) is 2.41. The second-order valence-corrected chi connectivity index (χ2v) is 6.23. The second kappa shape index (κ2) is 6.73. The predicted octanol–water partition coefficient (Wildman–Crippen LogP) is 4.26. The fourth-order valence-corrected chi connectivity index (χ4v) is 3.44. The Morgan fingerprint density at radius 3 is 2.30 bits per heavy atom. The van der Waals surface area contributed by atoms with Crippen LogP contribution in [0.5, 0.6) is 0 Å². The molecule has 0 atom stereocenters. The van der Waals surface area contributed by atoms with Gasteiger partial charge in [-0.2, -0.15) is 5.10 Å². The lowest BCUT2D eigenvalue weighted by Crippen LogP contribution is -2.29. The lowest BCUT2D eigenvalue weighted by atomic mass is 9.92. The molecule has 4 rings (SSSR count). The van der Waals surface area contributed by atoms with Crippen molar-refractivity contribution in [1.82, 2.24) is 14.7 Å². The third kappa shape index (κ3) is 2.99. The molecule has 1 aliphatic rings. The van der Waals surface area contributed by atoms with Crippen molar-refractivity contribution in [2.75, 3.05) is 20.1 Å². The number of piperidine rings is 1. The number of fused-ring (bicyclic) bond motifs is 1. The topological polar surface area (TPSA) is 21.1 Å². The molecule has 0 N–H and O–H groups in total. The Balaban J connectivity index is 0.00000156. The molecule has 1 saturated heterocycles. The van der Waals surface area contributed by atoms with Crippen molar-refractivity contribution in [3.8, 4) is 5.69 Å². The minimum atomic E-state index is 0. The van der Waals surface area contributed by atoms with Crippen LogP contribution in [0.4, 0.5) is 0 Å². The molecule has 0 bridgehead atoms. The summed E-state index contributed by atoms with van der Waals surface area (Å²) >= 11 is 0. The molecule has 0 radical (unpaired) electrons. The maximum Gasteiger partial charge on any atom is 0.0744 e. The molecule has 3 aromatic rings. The Kier molecular flexibility index (Phi) is 4.69. The highest BCUT2D eigenvalue weighted by molar-refractivity contribution is 5.85. The first-order valence-corrected chi connectivity index (χ1v) is 8.04. The summed E-state index contributed by atoms with van der Waals surface area (Å²) in [5, 5.41) is 6.31. The number of nitrogens with zero attached hydrogens (tertiary/aromatic N) is 3. The van der Waals surface area contributed by atoms with Crippen LogP contribution in [0.3, 0.4) is 0 Å². The molecule has 0 saturated carbocycles. The lowest BCUT2D eigenvalue weighted by Gasteiger charge is -2.28. The summed E-state index contributed by atoms with van der Waals surface area (Å²) in [6, 6.07) is 19.0. The standard InChI is InChI=1S/C19H21N3.ClH/c1-21-13-11-15(12-14-21)19-17-9-5-6-10-18(17)22(20-19)16-7-3-2-4-8-16;/h2-10,15H,11-14H2,1H3;1H. The summed E-state index contributed by atoms with van der Waals surface area (Å²) in [6.07, 6.45) is 2.40. The number of para-hydroxylation sites is 2. The molecule has 1 aliphatic heterocycles. The van der Waals surface area contributed by atoms with Crippen LogP contribution in [0.1, 0.15) is 24.5 Å². The van der Waals surface area contributed by atoms with Gasteiger partial charge in [0.05, 0.1) is 16.9 Å². The second-order valence-electron chi connectivity index (χ2n) is 6.23. The van der Waals surface area contributed by atoms with Crippen molar-refractivity contribution in [3.63, 3.8) is 0 Å². The van der Waals surface area contributed by atoms with Crippen molar-refractivity contribution >= 4 is 23.3 Å². The highest BCUT2D eigenvalue weighted by Gasteiger charge is 2.23. The van der Waals surface area contributed by atoms with Gasteiger partial charge in [0, 0.05) is 11.3 Å². The van der Waals surface area contributed by atoms with E-state index in [1.54, 1.807) is 0 Å². The molecular weight excluding hydrogens is 306 g/mol. The van der Waals surface area contributed by atoms with E-state index in [0.717, 1.165) is 18.8 Å². The van der Waals surface area contributed by atoms with E-state index in [1.807, 2.05) is 6.07 Å². The number of hydrogen-bond donors (Lipinski definition) is 0. The predicted molar refractivity (Wildman–Crippen MR) is 97.8 cm³/mol. The number of rotatable bonds is 2. The first-order chi connectivity index (χ1) is 10.8. The van der Waals surface area contributed by atoms with E-state index in [9.17, 15) is 0 Å². The van der Waals surface area contributed by atoms with Crippen molar-refractivity contribution < 1.29 is 0 Å². The third-order valence-corrected chi connectivity index (χ3v) is 4.72. The van der Waals surface area contributed by atoms with Crippen molar-refractivity contribution in [1.29, 1.82) is 0 Å². The van der Waals surface area contributed by atoms with Gasteiger partial charge in [-0.25, -0.2) is 4.68 Å². The monoisotopic (exact) mass is 327 g/mol. The molecule has 1 aromatic heterocycles. The smallest absolute Gasteiger partial charge is 0.0744 e. The van der Waals surface area contributed by atoms with Gasteiger partial charge in [-0.05, 0) is 51.2 Å². The molecule has 1 fully saturated rings. The minimum Gasteiger partial charge on any atom is -0.306 e. The van der Waals surface area contributed by atoms with E-state index >= 15 is 0 Å². The third-order valence-electron chi connectivity index (χ3n) is 4.72. The van der Waals surface area contributed by atoms with Crippen LogP contribution in [0.15, 0.2) is 54.6 Å². The van der Waals surface area contributed by atoms with Crippen LogP contribution in [0.2, 0.25) is 0 Å². The van der Waals surface area contributed by atoms with Gasteiger partial charge >= 0.3 is 0 Å². The zero-order valence-electron chi connectivity index (χ0n) is 13.4. The Labute approximate surface area is 143 Å². The van der Waals surface area contributed by atoms with E-state index in [4.69, 9.17) is 5.10 Å². The average Bonchev–Trinajstić information content (AvgIpc) is 2.96. The maximum atomic E-state index is 5.01. The molecule has 23 heavy (non-hydrogen) atoms. The summed E-state index contributed by atoms with van der Waals surface area (Å²) in [6.45, 7) is 2.33. The van der Waals surface area contributed by atoms with E-state index in [-0.39, 0.29) is 12.4 Å². The SMILES string of the molecule is CN1CCC(c2nn(-c3ccccc3)c3ccccc23)CC1.Cl. The first-order valence-electron chi connectivity index (χ1n) is 8.04. The number of aromatic nitrogens is 2. The highest BCUT2D eigenvalue weighted by atomic mass is 35.5. The molecule has 4 heteroatoms. The minimum absolute atomic E-state index is 0. The van der Waals surface area contributed by atoms with Gasteiger partial charge < -0.3 is 4.90 Å². The maximum absolute atomic E-state index is 5.01. The number of benzene rings is 2. The van der Waals surface area contributed by atoms with Gasteiger partial charge in [-0.1, -0.05) is 36.4 Å². The van der Waals surface area contributed by atoms with Gasteiger partial charge in [0.25, 0.3) is 0 Å². The molecule has 120 valence electrons. The largest absolute Gasteiger partial charge is 0.306 e. The van der Waals surface area contributed by atoms with Crippen LogP contribution in [-0.2, 0) is 0 Å². The molecule has 2 aromatic carbocycles. The van der Waals surface area contributed by atoms with Gasteiger partial charge in [-0.15, -0.1) is 12.4 Å². The van der Waals surface area contributed by atoms with Crippen LogP contribution in [-0.4, -0.2) is 34.8 Å². The summed E-state index contributed by atoms with van der Waals surface area (Å²) in [5.74, 6) is 0.575. The molecule has 2 heterocycles. The molecule has 0 aliphatic carbocycles. The Hall–Kier alpha value is -1.84. The first kappa shape index (κ1) is 16.0.